The Bertz CT molecular complexity index is 330. The van der Waals surface area contributed by atoms with Crippen LogP contribution in [0.25, 0.3) is 0 Å². The number of amides is 1. The lowest BCUT2D eigenvalue weighted by molar-refractivity contribution is -0.137. The van der Waals surface area contributed by atoms with Crippen LogP contribution >= 0.6 is 0 Å². The molecule has 1 heterocycles. The summed E-state index contributed by atoms with van der Waals surface area (Å²) in [5, 5.41) is 11.7. The third-order valence-corrected chi connectivity index (χ3v) is 4.06. The second kappa shape index (κ2) is 8.25. The summed E-state index contributed by atoms with van der Waals surface area (Å²) < 4.78 is 5.39. The molecule has 0 spiro atoms. The molecule has 1 aliphatic heterocycles. The van der Waals surface area contributed by atoms with Gasteiger partial charge in [-0.15, -0.1) is 0 Å². The second-order valence-electron chi connectivity index (χ2n) is 6.09. The Morgan fingerprint density at radius 2 is 2.05 bits per heavy atom. The number of carboxylic acid groups (broad SMARTS) is 1. The van der Waals surface area contributed by atoms with Crippen LogP contribution in [0.15, 0.2) is 0 Å². The van der Waals surface area contributed by atoms with Gasteiger partial charge in [0.15, 0.2) is 0 Å². The van der Waals surface area contributed by atoms with Crippen LogP contribution in [0.2, 0.25) is 0 Å². The van der Waals surface area contributed by atoms with Gasteiger partial charge in [-0.3, -0.25) is 9.59 Å². The van der Waals surface area contributed by atoms with Crippen molar-refractivity contribution < 1.29 is 19.4 Å². The first-order valence-corrected chi connectivity index (χ1v) is 7.51. The number of carbonyl (C=O) groups is 2. The van der Waals surface area contributed by atoms with Crippen LogP contribution in [0.5, 0.6) is 0 Å². The summed E-state index contributed by atoms with van der Waals surface area (Å²) in [5.41, 5.74) is 0. The standard InChI is InChI=1S/C15H27NO4/c1-10(2)12(4-5-14(17)18)6-7-16-15(19)13-8-11(3)20-9-13/h10-13H,4-9H2,1-3H3,(H,16,19)(H,17,18). The Kier molecular flexibility index (Phi) is 6.99. The van der Waals surface area contributed by atoms with E-state index in [9.17, 15) is 9.59 Å². The average molecular weight is 285 g/mol. The lowest BCUT2D eigenvalue weighted by Gasteiger charge is -2.20. The van der Waals surface area contributed by atoms with E-state index in [1.54, 1.807) is 0 Å². The van der Waals surface area contributed by atoms with E-state index in [4.69, 9.17) is 9.84 Å². The maximum atomic E-state index is 11.9. The largest absolute Gasteiger partial charge is 0.481 e. The quantitative estimate of drug-likeness (QED) is 0.715. The number of carbonyl (C=O) groups excluding carboxylic acids is 1. The van der Waals surface area contributed by atoms with Crippen LogP contribution in [0.4, 0.5) is 0 Å². The predicted octanol–water partition coefficient (Wildman–Crippen LogP) is 2.05. The lowest BCUT2D eigenvalue weighted by atomic mass is 9.88. The van der Waals surface area contributed by atoms with Gasteiger partial charge in [-0.05, 0) is 38.0 Å². The van der Waals surface area contributed by atoms with Crippen LogP contribution < -0.4 is 5.32 Å². The normalized spacial score (nSPS) is 23.8. The van der Waals surface area contributed by atoms with Gasteiger partial charge in [0.2, 0.25) is 5.91 Å². The maximum Gasteiger partial charge on any atom is 0.303 e. The van der Waals surface area contributed by atoms with Gasteiger partial charge in [0.05, 0.1) is 18.6 Å². The molecule has 5 nitrogen and oxygen atoms in total. The molecule has 1 amide bonds. The summed E-state index contributed by atoms with van der Waals surface area (Å²) in [4.78, 5) is 22.6. The van der Waals surface area contributed by atoms with Crippen molar-refractivity contribution in [3.8, 4) is 0 Å². The molecule has 1 rings (SSSR count). The fourth-order valence-corrected chi connectivity index (χ4v) is 2.64. The highest BCUT2D eigenvalue weighted by Crippen LogP contribution is 2.21. The number of nitrogens with one attached hydrogen (secondary N) is 1. The Balaban J connectivity index is 2.25. The smallest absolute Gasteiger partial charge is 0.303 e. The molecule has 3 unspecified atom stereocenters. The second-order valence-corrected chi connectivity index (χ2v) is 6.09. The average Bonchev–Trinajstić information content (AvgIpc) is 2.79. The van der Waals surface area contributed by atoms with Gasteiger partial charge in [-0.2, -0.15) is 0 Å². The molecule has 1 aliphatic rings. The van der Waals surface area contributed by atoms with E-state index in [2.05, 4.69) is 19.2 Å². The van der Waals surface area contributed by atoms with E-state index in [0.29, 0.717) is 31.4 Å². The number of hydrogen-bond donors (Lipinski definition) is 2. The molecule has 0 aromatic heterocycles. The highest BCUT2D eigenvalue weighted by atomic mass is 16.5. The zero-order valence-corrected chi connectivity index (χ0v) is 12.7. The molecule has 3 atom stereocenters. The topological polar surface area (TPSA) is 75.6 Å². The Labute approximate surface area is 121 Å². The molecular weight excluding hydrogens is 258 g/mol. The Hall–Kier alpha value is -1.10. The fourth-order valence-electron chi connectivity index (χ4n) is 2.64. The van der Waals surface area contributed by atoms with Crippen molar-refractivity contribution in [3.05, 3.63) is 0 Å². The molecule has 1 saturated heterocycles. The van der Waals surface area contributed by atoms with Crippen molar-refractivity contribution in [1.82, 2.24) is 5.32 Å². The fraction of sp³-hybridized carbons (Fsp3) is 0.867. The first-order chi connectivity index (χ1) is 9.40. The minimum atomic E-state index is -0.753. The molecule has 0 aromatic carbocycles. The number of aliphatic carboxylic acids is 1. The number of ether oxygens (including phenoxy) is 1. The molecule has 5 heteroatoms. The van der Waals surface area contributed by atoms with E-state index in [1.165, 1.54) is 0 Å². The summed E-state index contributed by atoms with van der Waals surface area (Å²) in [6, 6.07) is 0. The van der Waals surface area contributed by atoms with Crippen molar-refractivity contribution in [1.29, 1.82) is 0 Å². The maximum absolute atomic E-state index is 11.9. The summed E-state index contributed by atoms with van der Waals surface area (Å²) in [5.74, 6) is 0.0552. The number of carboxylic acids is 1. The Morgan fingerprint density at radius 3 is 2.55 bits per heavy atom. The molecule has 0 bridgehead atoms. The molecular formula is C15H27NO4. The minimum Gasteiger partial charge on any atom is -0.481 e. The van der Waals surface area contributed by atoms with E-state index in [0.717, 1.165) is 12.8 Å². The van der Waals surface area contributed by atoms with Crippen LogP contribution in [0, 0.1) is 17.8 Å². The molecule has 0 radical (unpaired) electrons. The van der Waals surface area contributed by atoms with E-state index in [1.807, 2.05) is 6.92 Å². The molecule has 0 aromatic rings. The van der Waals surface area contributed by atoms with Crippen molar-refractivity contribution in [3.63, 3.8) is 0 Å². The van der Waals surface area contributed by atoms with E-state index >= 15 is 0 Å². The third kappa shape index (κ3) is 5.90. The van der Waals surface area contributed by atoms with E-state index < -0.39 is 5.97 Å². The number of hydrogen-bond acceptors (Lipinski definition) is 3. The highest BCUT2D eigenvalue weighted by Gasteiger charge is 2.28. The van der Waals surface area contributed by atoms with Gasteiger partial charge in [-0.25, -0.2) is 0 Å². The van der Waals surface area contributed by atoms with Crippen LogP contribution in [0.3, 0.4) is 0 Å². The van der Waals surface area contributed by atoms with Crippen molar-refractivity contribution >= 4 is 11.9 Å². The predicted molar refractivity (Wildman–Crippen MR) is 76.3 cm³/mol. The lowest BCUT2D eigenvalue weighted by Crippen LogP contribution is -2.33. The minimum absolute atomic E-state index is 0.0264. The van der Waals surface area contributed by atoms with Crippen LogP contribution in [-0.4, -0.2) is 36.2 Å². The van der Waals surface area contributed by atoms with Gasteiger partial charge < -0.3 is 15.2 Å². The molecule has 0 aliphatic carbocycles. The third-order valence-electron chi connectivity index (χ3n) is 4.06. The van der Waals surface area contributed by atoms with Gasteiger partial charge in [0, 0.05) is 13.0 Å². The highest BCUT2D eigenvalue weighted by molar-refractivity contribution is 5.79. The summed E-state index contributed by atoms with van der Waals surface area (Å²) >= 11 is 0. The van der Waals surface area contributed by atoms with Crippen molar-refractivity contribution in [2.75, 3.05) is 13.2 Å². The summed E-state index contributed by atoms with van der Waals surface area (Å²) in [6.07, 6.45) is 2.67. The van der Waals surface area contributed by atoms with Gasteiger partial charge in [0.25, 0.3) is 0 Å². The van der Waals surface area contributed by atoms with Crippen molar-refractivity contribution in [2.45, 2.75) is 52.6 Å². The molecule has 20 heavy (non-hydrogen) atoms. The SMILES string of the molecule is CC1CC(C(=O)NCCC(CCC(=O)O)C(C)C)CO1. The monoisotopic (exact) mass is 285 g/mol. The molecule has 2 N–H and O–H groups in total. The van der Waals surface area contributed by atoms with Crippen LogP contribution in [0.1, 0.15) is 46.5 Å². The first kappa shape index (κ1) is 17.0. The number of rotatable bonds is 8. The van der Waals surface area contributed by atoms with Crippen LogP contribution in [-0.2, 0) is 14.3 Å². The zero-order valence-electron chi connectivity index (χ0n) is 12.7. The van der Waals surface area contributed by atoms with Gasteiger partial charge in [-0.1, -0.05) is 13.8 Å². The molecule has 0 saturated carbocycles. The summed E-state index contributed by atoms with van der Waals surface area (Å²) in [7, 11) is 0. The Morgan fingerprint density at radius 1 is 1.35 bits per heavy atom. The zero-order chi connectivity index (χ0) is 15.1. The first-order valence-electron chi connectivity index (χ1n) is 7.51. The molecule has 116 valence electrons. The van der Waals surface area contributed by atoms with E-state index in [-0.39, 0.29) is 24.3 Å². The van der Waals surface area contributed by atoms with Crippen molar-refractivity contribution in [2.24, 2.45) is 17.8 Å². The summed E-state index contributed by atoms with van der Waals surface area (Å²) in [6.45, 7) is 7.31. The van der Waals surface area contributed by atoms with Gasteiger partial charge >= 0.3 is 5.97 Å². The molecule has 1 fully saturated rings. The van der Waals surface area contributed by atoms with Gasteiger partial charge in [0.1, 0.15) is 0 Å².